The van der Waals surface area contributed by atoms with Gasteiger partial charge in [-0.05, 0) is 0 Å². The monoisotopic (exact) mass is 195 g/mol. The van der Waals surface area contributed by atoms with Crippen molar-refractivity contribution in [1.29, 1.82) is 0 Å². The van der Waals surface area contributed by atoms with Crippen molar-refractivity contribution in [2.75, 3.05) is 0 Å². The summed E-state index contributed by atoms with van der Waals surface area (Å²) >= 11 is 0. The molecule has 0 amide bonds. The zero-order valence-electron chi connectivity index (χ0n) is 2.21. The summed E-state index contributed by atoms with van der Waals surface area (Å²) < 4.78 is 0. The molecule has 0 aliphatic rings. The van der Waals surface area contributed by atoms with Crippen molar-refractivity contribution >= 4 is 23.7 Å². The molecule has 4 nitrogen and oxygen atoms in total. The van der Waals surface area contributed by atoms with Crippen molar-refractivity contribution in [2.45, 2.75) is 0 Å². The van der Waals surface area contributed by atoms with E-state index in [1.54, 1.807) is 0 Å². The van der Waals surface area contributed by atoms with Gasteiger partial charge in [-0.2, -0.15) is 0 Å². The van der Waals surface area contributed by atoms with E-state index in [1.807, 2.05) is 0 Å². The molecule has 1 N–H and O–H groups in total. The van der Waals surface area contributed by atoms with Crippen LogP contribution in [-0.4, -0.2) is 34.0 Å². The van der Waals surface area contributed by atoms with Crippen LogP contribution in [0.15, 0.2) is 0 Å². The number of hydrogen-bond acceptors (Lipinski definition) is 2. The van der Waals surface area contributed by atoms with Crippen LogP contribution in [0.5, 0.6) is 0 Å². The van der Waals surface area contributed by atoms with Crippen LogP contribution < -0.4 is 0 Å². The van der Waals surface area contributed by atoms with E-state index in [0.717, 1.165) is 0 Å². The van der Waals surface area contributed by atoms with Gasteiger partial charge in [-0.3, -0.25) is 0 Å². The number of hydrogen-bond donors (Lipinski definition) is 1. The Kier molecular flexibility index (Phi) is 7.09. The molecule has 0 unspecified atom stereocenters. The van der Waals surface area contributed by atoms with Gasteiger partial charge in [0.2, 0.25) is 0 Å². The number of rotatable bonds is 0. The van der Waals surface area contributed by atoms with Crippen LogP contribution >= 0.6 is 0 Å². The van der Waals surface area contributed by atoms with Crippen LogP contribution in [0.1, 0.15) is 0 Å². The van der Waals surface area contributed by atoms with Gasteiger partial charge in [0.05, 0.1) is 0 Å². The summed E-state index contributed by atoms with van der Waals surface area (Å²) in [6, 6.07) is 0. The van der Waals surface area contributed by atoms with Gasteiger partial charge in [0, 0.05) is 0 Å². The Labute approximate surface area is 44.6 Å². The second kappa shape index (κ2) is 3.99. The van der Waals surface area contributed by atoms with E-state index in [1.165, 1.54) is 0 Å². The summed E-state index contributed by atoms with van der Waals surface area (Å²) in [5.74, 6) is 0. The molecule has 5 heavy (non-hydrogen) atoms. The average molecular weight is 193 g/mol. The standard InChI is InChI=1S/HNO3.H2Te/c2-1(3)4;/h(H,2,3,4);1H2. The van der Waals surface area contributed by atoms with E-state index in [0.29, 0.717) is 0 Å². The third-order valence-electron chi connectivity index (χ3n) is 0. The van der Waals surface area contributed by atoms with Crippen LogP contribution in [0.3, 0.4) is 0 Å². The summed E-state index contributed by atoms with van der Waals surface area (Å²) in [7, 11) is 0. The fourth-order valence-electron chi connectivity index (χ4n) is 0. The molecule has 0 fully saturated rings. The Hall–Kier alpha value is -0.0104. The first kappa shape index (κ1) is 8.89. The Bertz CT molecular complexity index is 29.9. The van der Waals surface area contributed by atoms with E-state index in [-0.39, 0.29) is 23.7 Å². The van der Waals surface area contributed by atoms with E-state index >= 15 is 0 Å². The quantitative estimate of drug-likeness (QED) is 0.296. The van der Waals surface area contributed by atoms with Gasteiger partial charge in [-0.1, -0.05) is 0 Å². The Morgan fingerprint density at radius 2 is 1.80 bits per heavy atom. The SMILES string of the molecule is O=[N+]([O-])O.[TeH2]. The van der Waals surface area contributed by atoms with Crippen molar-refractivity contribution < 1.29 is 10.3 Å². The Morgan fingerprint density at radius 3 is 1.80 bits per heavy atom. The van der Waals surface area contributed by atoms with E-state index in [4.69, 9.17) is 15.3 Å². The molecule has 0 spiro atoms. The normalized spacial score (nSPS) is 4.80. The molecule has 0 aliphatic carbocycles. The molecule has 0 saturated heterocycles. The van der Waals surface area contributed by atoms with Gasteiger partial charge < -0.3 is 5.21 Å². The first-order valence-corrected chi connectivity index (χ1v) is 0.565. The Balaban J connectivity index is 0. The second-order valence-corrected chi connectivity index (χ2v) is 0.238. The van der Waals surface area contributed by atoms with Crippen molar-refractivity contribution in [3.63, 3.8) is 0 Å². The molecular formula is H3NO3Te. The van der Waals surface area contributed by atoms with Crippen molar-refractivity contribution in [3.05, 3.63) is 10.1 Å². The maximum absolute atomic E-state index is 8.36. The van der Waals surface area contributed by atoms with Gasteiger partial charge in [0.1, 0.15) is 0 Å². The van der Waals surface area contributed by atoms with Gasteiger partial charge in [-0.25, -0.2) is 0 Å². The van der Waals surface area contributed by atoms with E-state index in [2.05, 4.69) is 0 Å². The molecule has 5 heteroatoms. The first-order valence-electron chi connectivity index (χ1n) is 0.565. The summed E-state index contributed by atoms with van der Waals surface area (Å²) in [4.78, 5) is 8.36. The third kappa shape index (κ3) is 146000. The van der Waals surface area contributed by atoms with Gasteiger partial charge >= 0.3 is 23.7 Å². The fraction of sp³-hybridized carbons (Fsp3) is 0. The van der Waals surface area contributed by atoms with Gasteiger partial charge in [0.25, 0.3) is 5.09 Å². The summed E-state index contributed by atoms with van der Waals surface area (Å²) in [5.41, 5.74) is 0. The summed E-state index contributed by atoms with van der Waals surface area (Å²) in [5, 5.41) is 13.6. The van der Waals surface area contributed by atoms with Crippen LogP contribution in [0.25, 0.3) is 0 Å². The zero-order valence-corrected chi connectivity index (χ0v) is 5.07. The molecule has 0 bridgehead atoms. The van der Waals surface area contributed by atoms with Crippen LogP contribution in [-0.2, 0) is 0 Å². The molecule has 0 saturated carbocycles. The minimum atomic E-state index is -1.50. The third-order valence-corrected chi connectivity index (χ3v) is 0. The molecule has 0 rings (SSSR count). The average Bonchev–Trinajstić information content (AvgIpc) is 0.811. The zero-order chi connectivity index (χ0) is 3.58. The topological polar surface area (TPSA) is 63.4 Å². The second-order valence-electron chi connectivity index (χ2n) is 0.238. The van der Waals surface area contributed by atoms with Crippen molar-refractivity contribution in [1.82, 2.24) is 0 Å². The van der Waals surface area contributed by atoms with Crippen molar-refractivity contribution in [3.8, 4) is 0 Å². The fourth-order valence-corrected chi connectivity index (χ4v) is 0. The van der Waals surface area contributed by atoms with Crippen LogP contribution in [0.4, 0.5) is 0 Å². The van der Waals surface area contributed by atoms with E-state index < -0.39 is 5.09 Å². The number of nitrogens with zero attached hydrogens (tertiary/aromatic N) is 1. The molecular weight excluding hydrogens is 190 g/mol. The summed E-state index contributed by atoms with van der Waals surface area (Å²) in [6.07, 6.45) is 0. The molecule has 0 aromatic rings. The molecule has 0 aromatic carbocycles. The molecule has 0 aromatic heterocycles. The minimum absolute atomic E-state index is 0. The van der Waals surface area contributed by atoms with Crippen LogP contribution in [0, 0.1) is 10.1 Å². The first-order chi connectivity index (χ1) is 1.73. The van der Waals surface area contributed by atoms with Crippen LogP contribution in [0.2, 0.25) is 0 Å². The molecule has 32 valence electrons. The predicted octanol–water partition coefficient (Wildman–Crippen LogP) is -1.26. The van der Waals surface area contributed by atoms with Crippen molar-refractivity contribution in [2.24, 2.45) is 0 Å². The molecule has 0 radical (unpaired) electrons. The maximum atomic E-state index is 8.36. The summed E-state index contributed by atoms with van der Waals surface area (Å²) in [6.45, 7) is 0. The molecule has 0 aliphatic heterocycles. The Morgan fingerprint density at radius 1 is 1.80 bits per heavy atom. The predicted molar refractivity (Wildman–Crippen MR) is 17.3 cm³/mol. The van der Waals surface area contributed by atoms with Gasteiger partial charge in [0.15, 0.2) is 0 Å². The van der Waals surface area contributed by atoms with E-state index in [9.17, 15) is 0 Å². The molecule has 0 heterocycles. The van der Waals surface area contributed by atoms with Gasteiger partial charge in [-0.15, -0.1) is 10.1 Å². The molecule has 0 atom stereocenters.